The first-order valence-corrected chi connectivity index (χ1v) is 7.39. The van der Waals surface area contributed by atoms with Crippen LogP contribution in [0.25, 0.3) is 0 Å². The number of rotatable bonds is 7. The molecule has 3 N–H and O–H groups in total. The predicted octanol–water partition coefficient (Wildman–Crippen LogP) is 2.21. The first-order valence-electron chi connectivity index (χ1n) is 7.39. The highest BCUT2D eigenvalue weighted by Gasteiger charge is 2.05. The lowest BCUT2D eigenvalue weighted by atomic mass is 10.1. The zero-order valence-corrected chi connectivity index (χ0v) is 12.7. The van der Waals surface area contributed by atoms with Crippen LogP contribution in [0.4, 0.5) is 4.79 Å². The third-order valence-corrected chi connectivity index (χ3v) is 3.26. The van der Waals surface area contributed by atoms with Gasteiger partial charge >= 0.3 is 12.0 Å². The Bertz CT molecular complexity index is 659. The standard InChI is InChI=1S/C17H19N3O3/c21-16(22)14-8-10-18-15(11-14)12-20-17(23)19-9-4-7-13-5-2-1-3-6-13/h1-3,5-6,8,10-11H,4,7,9,12H2,(H,21,22)(H2,19,20,23). The summed E-state index contributed by atoms with van der Waals surface area (Å²) in [5.41, 5.74) is 1.90. The summed E-state index contributed by atoms with van der Waals surface area (Å²) in [6, 6.07) is 12.6. The van der Waals surface area contributed by atoms with Crippen LogP contribution in [0.2, 0.25) is 0 Å². The molecule has 0 saturated carbocycles. The molecule has 0 unspecified atom stereocenters. The van der Waals surface area contributed by atoms with Gasteiger partial charge in [-0.3, -0.25) is 4.98 Å². The van der Waals surface area contributed by atoms with Crippen LogP contribution in [-0.2, 0) is 13.0 Å². The molecular weight excluding hydrogens is 294 g/mol. The van der Waals surface area contributed by atoms with E-state index in [9.17, 15) is 9.59 Å². The highest BCUT2D eigenvalue weighted by Crippen LogP contribution is 2.02. The maximum atomic E-state index is 11.7. The van der Waals surface area contributed by atoms with Crippen LogP contribution in [0.3, 0.4) is 0 Å². The van der Waals surface area contributed by atoms with Crippen molar-refractivity contribution in [1.82, 2.24) is 15.6 Å². The molecule has 0 saturated heterocycles. The summed E-state index contributed by atoms with van der Waals surface area (Å²) in [6.07, 6.45) is 3.17. The third-order valence-electron chi connectivity index (χ3n) is 3.26. The van der Waals surface area contributed by atoms with Crippen LogP contribution in [0.15, 0.2) is 48.7 Å². The van der Waals surface area contributed by atoms with E-state index in [2.05, 4.69) is 27.8 Å². The number of carbonyl (C=O) groups excluding carboxylic acids is 1. The number of nitrogens with one attached hydrogen (secondary N) is 2. The molecule has 0 atom stereocenters. The summed E-state index contributed by atoms with van der Waals surface area (Å²) in [5, 5.41) is 14.3. The van der Waals surface area contributed by atoms with Gasteiger partial charge in [-0.1, -0.05) is 30.3 Å². The van der Waals surface area contributed by atoms with E-state index in [0.29, 0.717) is 12.2 Å². The Balaban J connectivity index is 1.67. The van der Waals surface area contributed by atoms with E-state index in [0.717, 1.165) is 12.8 Å². The van der Waals surface area contributed by atoms with Crippen LogP contribution < -0.4 is 10.6 Å². The second kappa shape index (κ2) is 8.53. The molecule has 2 amide bonds. The fraction of sp³-hybridized carbons (Fsp3) is 0.235. The maximum absolute atomic E-state index is 11.7. The SMILES string of the molecule is O=C(NCCCc1ccccc1)NCc1cc(C(=O)O)ccn1. The van der Waals surface area contributed by atoms with Crippen LogP contribution in [0.1, 0.15) is 28.0 Å². The topological polar surface area (TPSA) is 91.3 Å². The number of aryl methyl sites for hydroxylation is 1. The summed E-state index contributed by atoms with van der Waals surface area (Å²) in [7, 11) is 0. The fourth-order valence-corrected chi connectivity index (χ4v) is 2.08. The third kappa shape index (κ3) is 5.78. The van der Waals surface area contributed by atoms with Crippen molar-refractivity contribution in [3.63, 3.8) is 0 Å². The molecule has 0 radical (unpaired) electrons. The molecule has 2 aromatic rings. The second-order valence-electron chi connectivity index (χ2n) is 5.04. The molecule has 6 nitrogen and oxygen atoms in total. The molecule has 1 aromatic carbocycles. The zero-order chi connectivity index (χ0) is 16.5. The predicted molar refractivity (Wildman–Crippen MR) is 86.2 cm³/mol. The molecule has 0 aliphatic rings. The Labute approximate surface area is 134 Å². The normalized spacial score (nSPS) is 10.1. The summed E-state index contributed by atoms with van der Waals surface area (Å²) in [4.78, 5) is 26.6. The quantitative estimate of drug-likeness (QED) is 0.683. The smallest absolute Gasteiger partial charge is 0.335 e. The van der Waals surface area contributed by atoms with Gasteiger partial charge in [0.15, 0.2) is 0 Å². The average Bonchev–Trinajstić information content (AvgIpc) is 2.58. The second-order valence-corrected chi connectivity index (χ2v) is 5.04. The van der Waals surface area contributed by atoms with Crippen molar-refractivity contribution >= 4 is 12.0 Å². The highest BCUT2D eigenvalue weighted by molar-refractivity contribution is 5.87. The van der Waals surface area contributed by atoms with Gasteiger partial charge in [0.05, 0.1) is 17.8 Å². The van der Waals surface area contributed by atoms with Gasteiger partial charge in [-0.05, 0) is 30.5 Å². The molecular formula is C17H19N3O3. The van der Waals surface area contributed by atoms with Crippen LogP contribution in [-0.4, -0.2) is 28.6 Å². The number of carboxylic acids is 1. The largest absolute Gasteiger partial charge is 0.478 e. The molecule has 23 heavy (non-hydrogen) atoms. The molecule has 120 valence electrons. The van der Waals surface area contributed by atoms with Gasteiger partial charge in [0, 0.05) is 12.7 Å². The number of benzene rings is 1. The summed E-state index contributed by atoms with van der Waals surface area (Å²) >= 11 is 0. The van der Waals surface area contributed by atoms with Crippen LogP contribution >= 0.6 is 0 Å². The Morgan fingerprint density at radius 1 is 1.09 bits per heavy atom. The lowest BCUT2D eigenvalue weighted by molar-refractivity contribution is 0.0696. The minimum absolute atomic E-state index is 0.153. The Kier molecular flexibility index (Phi) is 6.11. The van der Waals surface area contributed by atoms with E-state index in [1.807, 2.05) is 18.2 Å². The molecule has 6 heteroatoms. The molecule has 2 rings (SSSR count). The first kappa shape index (κ1) is 16.5. The minimum Gasteiger partial charge on any atom is -0.478 e. The summed E-state index contributed by atoms with van der Waals surface area (Å²) in [5.74, 6) is -1.01. The van der Waals surface area contributed by atoms with Gasteiger partial charge < -0.3 is 15.7 Å². The zero-order valence-electron chi connectivity index (χ0n) is 12.7. The molecule has 0 aliphatic carbocycles. The molecule has 0 aliphatic heterocycles. The number of pyridine rings is 1. The molecule has 0 bridgehead atoms. The van der Waals surface area contributed by atoms with Gasteiger partial charge in [0.2, 0.25) is 0 Å². The van der Waals surface area contributed by atoms with Gasteiger partial charge in [-0.25, -0.2) is 9.59 Å². The van der Waals surface area contributed by atoms with Gasteiger partial charge in [0.25, 0.3) is 0 Å². The van der Waals surface area contributed by atoms with E-state index < -0.39 is 5.97 Å². The number of hydrogen-bond acceptors (Lipinski definition) is 3. The number of nitrogens with zero attached hydrogens (tertiary/aromatic N) is 1. The average molecular weight is 313 g/mol. The van der Waals surface area contributed by atoms with Gasteiger partial charge in [-0.15, -0.1) is 0 Å². The van der Waals surface area contributed by atoms with Gasteiger partial charge in [0.1, 0.15) is 0 Å². The summed E-state index contributed by atoms with van der Waals surface area (Å²) < 4.78 is 0. The van der Waals surface area contributed by atoms with Crippen molar-refractivity contribution in [2.75, 3.05) is 6.54 Å². The molecule has 0 fully saturated rings. The number of hydrogen-bond donors (Lipinski definition) is 3. The van der Waals surface area contributed by atoms with Crippen molar-refractivity contribution in [3.8, 4) is 0 Å². The minimum atomic E-state index is -1.01. The number of aromatic nitrogens is 1. The number of aromatic carboxylic acids is 1. The number of amides is 2. The van der Waals surface area contributed by atoms with Crippen molar-refractivity contribution in [2.45, 2.75) is 19.4 Å². The lowest BCUT2D eigenvalue weighted by Gasteiger charge is -2.08. The first-order chi connectivity index (χ1) is 11.1. The Morgan fingerprint density at radius 2 is 1.87 bits per heavy atom. The number of urea groups is 1. The van der Waals surface area contributed by atoms with Crippen molar-refractivity contribution in [3.05, 3.63) is 65.5 Å². The maximum Gasteiger partial charge on any atom is 0.335 e. The van der Waals surface area contributed by atoms with Crippen molar-refractivity contribution < 1.29 is 14.7 Å². The molecule has 1 aromatic heterocycles. The Hall–Kier alpha value is -2.89. The highest BCUT2D eigenvalue weighted by atomic mass is 16.4. The van der Waals surface area contributed by atoms with E-state index in [1.165, 1.54) is 23.9 Å². The van der Waals surface area contributed by atoms with E-state index in [1.54, 1.807) is 0 Å². The number of carbonyl (C=O) groups is 2. The van der Waals surface area contributed by atoms with E-state index in [-0.39, 0.29) is 18.1 Å². The van der Waals surface area contributed by atoms with Crippen molar-refractivity contribution in [1.29, 1.82) is 0 Å². The van der Waals surface area contributed by atoms with Gasteiger partial charge in [-0.2, -0.15) is 0 Å². The Morgan fingerprint density at radius 3 is 2.61 bits per heavy atom. The molecule has 0 spiro atoms. The molecule has 1 heterocycles. The lowest BCUT2D eigenvalue weighted by Crippen LogP contribution is -2.35. The monoisotopic (exact) mass is 313 g/mol. The fourth-order valence-electron chi connectivity index (χ4n) is 2.08. The van der Waals surface area contributed by atoms with Crippen LogP contribution in [0, 0.1) is 0 Å². The van der Waals surface area contributed by atoms with Crippen molar-refractivity contribution in [2.24, 2.45) is 0 Å². The van der Waals surface area contributed by atoms with Crippen LogP contribution in [0.5, 0.6) is 0 Å². The number of carboxylic acid groups (broad SMARTS) is 1. The summed E-state index contributed by atoms with van der Waals surface area (Å²) in [6.45, 7) is 0.759. The van der Waals surface area contributed by atoms with E-state index in [4.69, 9.17) is 5.11 Å². The van der Waals surface area contributed by atoms with E-state index >= 15 is 0 Å².